The maximum absolute atomic E-state index is 13.0. The highest BCUT2D eigenvalue weighted by molar-refractivity contribution is 5.97. The van der Waals surface area contributed by atoms with Crippen LogP contribution in [-0.4, -0.2) is 34.7 Å². The Balaban J connectivity index is 1.26. The van der Waals surface area contributed by atoms with E-state index < -0.39 is 5.91 Å². The first-order chi connectivity index (χ1) is 16.6. The third-order valence-electron chi connectivity index (χ3n) is 5.74. The van der Waals surface area contributed by atoms with E-state index in [2.05, 4.69) is 15.6 Å². The van der Waals surface area contributed by atoms with E-state index in [9.17, 15) is 14.4 Å². The lowest BCUT2D eigenvalue weighted by molar-refractivity contribution is -0.121. The second-order valence-corrected chi connectivity index (χ2v) is 8.09. The van der Waals surface area contributed by atoms with E-state index in [0.29, 0.717) is 48.5 Å². The van der Waals surface area contributed by atoms with Crippen molar-refractivity contribution in [2.45, 2.75) is 45.7 Å². The van der Waals surface area contributed by atoms with Crippen LogP contribution >= 0.6 is 0 Å². The smallest absolute Gasteiger partial charge is 0.256 e. The minimum atomic E-state index is -0.402. The summed E-state index contributed by atoms with van der Waals surface area (Å²) < 4.78 is 12.7. The van der Waals surface area contributed by atoms with Gasteiger partial charge in [0.15, 0.2) is 11.5 Å². The third-order valence-corrected chi connectivity index (χ3v) is 5.74. The molecule has 0 radical (unpaired) electrons. The molecule has 0 saturated carbocycles. The van der Waals surface area contributed by atoms with Crippen LogP contribution in [0.5, 0.6) is 11.5 Å². The molecule has 1 aliphatic rings. The van der Waals surface area contributed by atoms with E-state index in [1.165, 1.54) is 0 Å². The third kappa shape index (κ3) is 5.36. The number of benzene rings is 1. The van der Waals surface area contributed by atoms with Crippen molar-refractivity contribution in [1.82, 2.24) is 20.2 Å². The van der Waals surface area contributed by atoms with E-state index in [1.807, 2.05) is 23.6 Å². The highest BCUT2D eigenvalue weighted by Crippen LogP contribution is 2.35. The lowest BCUT2D eigenvalue weighted by atomic mass is 10.1. The number of rotatable bonds is 10. The van der Waals surface area contributed by atoms with Crippen molar-refractivity contribution in [2.24, 2.45) is 0 Å². The minimum Gasteiger partial charge on any atom is -0.454 e. The predicted octanol–water partition coefficient (Wildman–Crippen LogP) is 2.75. The number of pyridine rings is 2. The Hall–Kier alpha value is -3.88. The molecule has 0 fully saturated rings. The van der Waals surface area contributed by atoms with Crippen molar-refractivity contribution < 1.29 is 19.1 Å². The lowest BCUT2D eigenvalue weighted by Crippen LogP contribution is -2.30. The predicted molar refractivity (Wildman–Crippen MR) is 127 cm³/mol. The topological polar surface area (TPSA) is 112 Å². The van der Waals surface area contributed by atoms with Crippen molar-refractivity contribution in [3.8, 4) is 11.5 Å². The normalized spacial score (nSPS) is 12.0. The van der Waals surface area contributed by atoms with Gasteiger partial charge in [-0.3, -0.25) is 19.4 Å². The fourth-order valence-electron chi connectivity index (χ4n) is 3.88. The molecule has 1 aromatic carbocycles. The highest BCUT2D eigenvalue weighted by atomic mass is 16.7. The van der Waals surface area contributed by atoms with Gasteiger partial charge < -0.3 is 24.7 Å². The molecule has 0 bridgehead atoms. The van der Waals surface area contributed by atoms with Gasteiger partial charge >= 0.3 is 0 Å². The summed E-state index contributed by atoms with van der Waals surface area (Å²) in [5.41, 5.74) is 1.43. The van der Waals surface area contributed by atoms with Gasteiger partial charge in [0.1, 0.15) is 5.56 Å². The maximum atomic E-state index is 13.0. The molecule has 4 rings (SSSR count). The number of ether oxygens (including phenoxy) is 2. The Labute approximate surface area is 197 Å². The Bertz CT molecular complexity index is 1240. The maximum Gasteiger partial charge on any atom is 0.256 e. The van der Waals surface area contributed by atoms with Crippen molar-refractivity contribution in [2.75, 3.05) is 13.3 Å². The van der Waals surface area contributed by atoms with Gasteiger partial charge in [0, 0.05) is 50.7 Å². The number of hydrogen-bond acceptors (Lipinski definition) is 6. The van der Waals surface area contributed by atoms with E-state index in [4.69, 9.17) is 9.47 Å². The van der Waals surface area contributed by atoms with E-state index in [-0.39, 0.29) is 23.7 Å². The average Bonchev–Trinajstić information content (AvgIpc) is 3.32. The van der Waals surface area contributed by atoms with Gasteiger partial charge in [0.25, 0.3) is 5.91 Å². The molecule has 0 unspecified atom stereocenters. The number of carbonyl (C=O) groups excluding carboxylic acids is 2. The van der Waals surface area contributed by atoms with Crippen molar-refractivity contribution in [3.63, 3.8) is 0 Å². The van der Waals surface area contributed by atoms with Gasteiger partial charge in [0.05, 0.1) is 10.9 Å². The Kier molecular flexibility index (Phi) is 7.41. The fourth-order valence-corrected chi connectivity index (χ4v) is 3.88. The summed E-state index contributed by atoms with van der Waals surface area (Å²) in [4.78, 5) is 41.7. The van der Waals surface area contributed by atoms with E-state index in [0.717, 1.165) is 24.8 Å². The summed E-state index contributed by atoms with van der Waals surface area (Å²) in [6, 6.07) is 7.16. The van der Waals surface area contributed by atoms with Gasteiger partial charge in [-0.1, -0.05) is 12.5 Å². The monoisotopic (exact) mass is 464 g/mol. The van der Waals surface area contributed by atoms with Crippen LogP contribution in [0, 0.1) is 0 Å². The quantitative estimate of drug-likeness (QED) is 0.446. The number of fused-ring (bicyclic) bond motifs is 2. The molecule has 34 heavy (non-hydrogen) atoms. The fraction of sp³-hybridized carbons (Fsp3) is 0.360. The summed E-state index contributed by atoms with van der Waals surface area (Å²) in [5, 5.41) is 6.13. The molecule has 3 heterocycles. The van der Waals surface area contributed by atoms with Gasteiger partial charge in [-0.05, 0) is 37.5 Å². The summed E-state index contributed by atoms with van der Waals surface area (Å²) in [7, 11) is 0. The highest BCUT2D eigenvalue weighted by Gasteiger charge is 2.20. The summed E-state index contributed by atoms with van der Waals surface area (Å²) in [6.45, 7) is 3.56. The number of aryl methyl sites for hydroxylation is 1. The molecule has 2 aromatic heterocycles. The van der Waals surface area contributed by atoms with Crippen LogP contribution in [0.2, 0.25) is 0 Å². The minimum absolute atomic E-state index is 0.00923. The standard InChI is InChI=1S/C25H28N4O5/c1-2-29-15-19(24(31)18-11-21-22(12-20(18)29)34-16-33-21)25(32)27-10-5-3-4-8-23(30)28-14-17-7-6-9-26-13-17/h6-7,9,11-13,15H,2-5,8,10,14,16H2,1H3,(H,27,32)(H,28,30). The lowest BCUT2D eigenvalue weighted by Gasteiger charge is -2.12. The van der Waals surface area contributed by atoms with Crippen LogP contribution in [0.15, 0.2) is 47.7 Å². The molecule has 178 valence electrons. The summed E-state index contributed by atoms with van der Waals surface area (Å²) >= 11 is 0. The molecular formula is C25H28N4O5. The molecular weight excluding hydrogens is 436 g/mol. The van der Waals surface area contributed by atoms with Crippen LogP contribution in [0.3, 0.4) is 0 Å². The number of hydrogen-bond donors (Lipinski definition) is 2. The molecule has 2 N–H and O–H groups in total. The van der Waals surface area contributed by atoms with Gasteiger partial charge in [0.2, 0.25) is 18.1 Å². The first kappa shape index (κ1) is 23.3. The number of unbranched alkanes of at least 4 members (excludes halogenated alkanes) is 2. The molecule has 0 atom stereocenters. The zero-order chi connectivity index (χ0) is 23.9. The summed E-state index contributed by atoms with van der Waals surface area (Å²) in [5.74, 6) is 0.692. The Morgan fingerprint density at radius 1 is 1.12 bits per heavy atom. The molecule has 0 spiro atoms. The molecule has 0 aliphatic carbocycles. The van der Waals surface area contributed by atoms with Crippen LogP contribution in [0.4, 0.5) is 0 Å². The molecule has 3 aromatic rings. The van der Waals surface area contributed by atoms with Gasteiger partial charge in [-0.15, -0.1) is 0 Å². The van der Waals surface area contributed by atoms with Crippen LogP contribution in [-0.2, 0) is 17.9 Å². The number of carbonyl (C=O) groups is 2. The SMILES string of the molecule is CCn1cc(C(=O)NCCCCCC(=O)NCc2cccnc2)c(=O)c2cc3c(cc21)OCO3. The van der Waals surface area contributed by atoms with Gasteiger partial charge in [-0.25, -0.2) is 0 Å². The second-order valence-electron chi connectivity index (χ2n) is 8.09. The Morgan fingerprint density at radius 3 is 2.71 bits per heavy atom. The molecule has 2 amide bonds. The average molecular weight is 465 g/mol. The number of amides is 2. The summed E-state index contributed by atoms with van der Waals surface area (Å²) in [6.07, 6.45) is 7.67. The molecule has 9 nitrogen and oxygen atoms in total. The number of nitrogens with one attached hydrogen (secondary N) is 2. The zero-order valence-corrected chi connectivity index (χ0v) is 19.1. The number of nitrogens with zero attached hydrogens (tertiary/aromatic N) is 2. The first-order valence-electron chi connectivity index (χ1n) is 11.5. The number of aromatic nitrogens is 2. The van der Waals surface area contributed by atoms with Crippen LogP contribution < -0.4 is 25.5 Å². The van der Waals surface area contributed by atoms with Crippen molar-refractivity contribution in [1.29, 1.82) is 0 Å². The van der Waals surface area contributed by atoms with Crippen molar-refractivity contribution in [3.05, 3.63) is 64.2 Å². The first-order valence-corrected chi connectivity index (χ1v) is 11.5. The second kappa shape index (κ2) is 10.8. The van der Waals surface area contributed by atoms with Crippen LogP contribution in [0.25, 0.3) is 10.9 Å². The van der Waals surface area contributed by atoms with Crippen molar-refractivity contribution >= 4 is 22.7 Å². The van der Waals surface area contributed by atoms with Crippen LogP contribution in [0.1, 0.15) is 48.5 Å². The van der Waals surface area contributed by atoms with Gasteiger partial charge in [-0.2, -0.15) is 0 Å². The van der Waals surface area contributed by atoms with E-state index >= 15 is 0 Å². The molecule has 9 heteroatoms. The molecule has 0 saturated heterocycles. The molecule has 1 aliphatic heterocycles. The largest absolute Gasteiger partial charge is 0.454 e. The van der Waals surface area contributed by atoms with E-state index in [1.54, 1.807) is 30.7 Å². The zero-order valence-electron chi connectivity index (χ0n) is 19.1. The Morgan fingerprint density at radius 2 is 1.94 bits per heavy atom.